The van der Waals surface area contributed by atoms with E-state index in [1.807, 2.05) is 0 Å². The monoisotopic (exact) mass is 669 g/mol. The van der Waals surface area contributed by atoms with Gasteiger partial charge in [0.25, 0.3) is 0 Å². The molecule has 0 saturated heterocycles. The lowest BCUT2D eigenvalue weighted by Gasteiger charge is -2.49. The van der Waals surface area contributed by atoms with Gasteiger partial charge in [-0.15, -0.1) is 0 Å². The van der Waals surface area contributed by atoms with E-state index < -0.39 is 103 Å². The van der Waals surface area contributed by atoms with Crippen LogP contribution in [-0.2, 0) is 19.4 Å². The number of nitrogens with one attached hydrogen (secondary N) is 1. The highest BCUT2D eigenvalue weighted by Crippen LogP contribution is 2.55. The van der Waals surface area contributed by atoms with E-state index in [0.29, 0.717) is 31.8 Å². The number of benzene rings is 1. The minimum Gasteiger partial charge on any atom is -0.481 e. The first-order valence-corrected chi connectivity index (χ1v) is 16.2. The molecule has 248 valence electrons. The number of carboxylic acid groups (broad SMARTS) is 1. The predicted molar refractivity (Wildman–Crippen MR) is 144 cm³/mol. The van der Waals surface area contributed by atoms with Gasteiger partial charge in [-0.25, -0.2) is 17.2 Å². The second-order valence-corrected chi connectivity index (χ2v) is 14.4. The molecule has 2 saturated carbocycles. The highest BCUT2D eigenvalue weighted by Gasteiger charge is 2.74. The summed E-state index contributed by atoms with van der Waals surface area (Å²) in [5.41, 5.74) is -7.82. The molecule has 6 nitrogen and oxygen atoms in total. The van der Waals surface area contributed by atoms with Gasteiger partial charge in [-0.3, -0.25) is 9.59 Å². The van der Waals surface area contributed by atoms with E-state index in [9.17, 15) is 53.8 Å². The molecule has 1 aromatic rings. The normalized spacial score (nSPS) is 29.6. The first kappa shape index (κ1) is 33.4. The molecule has 15 heteroatoms. The number of hydrogen-bond acceptors (Lipinski definition) is 5. The van der Waals surface area contributed by atoms with Crippen molar-refractivity contribution in [2.45, 2.75) is 92.0 Å². The molecule has 3 unspecified atom stereocenters. The van der Waals surface area contributed by atoms with Crippen molar-refractivity contribution in [3.05, 3.63) is 53.0 Å². The van der Waals surface area contributed by atoms with E-state index in [2.05, 4.69) is 5.32 Å². The van der Waals surface area contributed by atoms with Crippen LogP contribution in [-0.4, -0.2) is 54.6 Å². The van der Waals surface area contributed by atoms with Crippen molar-refractivity contribution < 1.29 is 58.2 Å². The second kappa shape index (κ2) is 11.7. The molecule has 4 aliphatic rings. The number of fused-ring (bicyclic) bond motifs is 1. The number of aliphatic carboxylic acids is 1. The topological polar surface area (TPSA) is 101 Å². The van der Waals surface area contributed by atoms with Crippen LogP contribution >= 0.6 is 0 Å². The molecule has 4 atom stereocenters. The summed E-state index contributed by atoms with van der Waals surface area (Å²) < 4.78 is 139. The Labute approximate surface area is 253 Å². The van der Waals surface area contributed by atoms with Gasteiger partial charge in [0, 0.05) is 29.5 Å². The Bertz CT molecular complexity index is 1490. The third kappa shape index (κ3) is 5.78. The van der Waals surface area contributed by atoms with Crippen molar-refractivity contribution in [2.24, 2.45) is 23.7 Å². The maximum atomic E-state index is 15.2. The molecule has 2 fully saturated rings. The smallest absolute Gasteiger partial charge is 0.435 e. The summed E-state index contributed by atoms with van der Waals surface area (Å²) >= 11 is 0. The van der Waals surface area contributed by atoms with E-state index in [1.165, 1.54) is 0 Å². The van der Waals surface area contributed by atoms with E-state index in [1.54, 1.807) is 0 Å². The van der Waals surface area contributed by atoms with Gasteiger partial charge in [0.15, 0.2) is 9.84 Å². The summed E-state index contributed by atoms with van der Waals surface area (Å²) in [6.45, 7) is 0. The number of carboxylic acids is 1. The lowest BCUT2D eigenvalue weighted by molar-refractivity contribution is -0.327. The number of hydrogen-bond donors (Lipinski definition) is 2. The molecule has 0 bridgehead atoms. The predicted octanol–water partition coefficient (Wildman–Crippen LogP) is 6.62. The Morgan fingerprint density at radius 1 is 0.822 bits per heavy atom. The molecular formula is C30H31F8NO5S. The van der Waals surface area contributed by atoms with Crippen molar-refractivity contribution in [3.8, 4) is 0 Å². The second-order valence-electron chi connectivity index (χ2n) is 12.3. The van der Waals surface area contributed by atoms with E-state index in [0.717, 1.165) is 24.3 Å². The summed E-state index contributed by atoms with van der Waals surface area (Å²) in [6.07, 6.45) is -12.0. The van der Waals surface area contributed by atoms with Crippen LogP contribution in [0.15, 0.2) is 52.1 Å². The van der Waals surface area contributed by atoms with Crippen molar-refractivity contribution in [1.82, 2.24) is 5.32 Å². The largest absolute Gasteiger partial charge is 0.481 e. The van der Waals surface area contributed by atoms with Crippen LogP contribution in [0.3, 0.4) is 0 Å². The summed E-state index contributed by atoms with van der Waals surface area (Å²) in [5.74, 6) is -4.78. The average Bonchev–Trinajstić information content (AvgIpc) is 2.97. The Kier molecular flexibility index (Phi) is 8.67. The number of ketones is 1. The number of rotatable bonds is 6. The minimum atomic E-state index is -6.38. The van der Waals surface area contributed by atoms with Gasteiger partial charge in [0.1, 0.15) is 11.6 Å². The molecule has 3 aliphatic carbocycles. The van der Waals surface area contributed by atoms with E-state index in [-0.39, 0.29) is 30.7 Å². The Morgan fingerprint density at radius 3 is 1.96 bits per heavy atom. The first-order valence-electron chi connectivity index (χ1n) is 14.7. The molecule has 1 heterocycles. The van der Waals surface area contributed by atoms with Crippen LogP contribution in [0.2, 0.25) is 0 Å². The van der Waals surface area contributed by atoms with Gasteiger partial charge >= 0.3 is 24.0 Å². The molecule has 1 aromatic carbocycles. The van der Waals surface area contributed by atoms with Gasteiger partial charge in [0.2, 0.25) is 0 Å². The highest BCUT2D eigenvalue weighted by molar-refractivity contribution is 7.92. The van der Waals surface area contributed by atoms with Crippen LogP contribution in [0.25, 0.3) is 0 Å². The number of Topliss-reactive ketones (excluding diaryl/α,β-unsaturated/α-hetero) is 1. The quantitative estimate of drug-likeness (QED) is 0.261. The number of carbonyl (C=O) groups excluding carboxylic acids is 1. The molecule has 2 N–H and O–H groups in total. The molecule has 0 radical (unpaired) electrons. The SMILES string of the molecule is O=C(O)[C@H]1CC[C@H](C(=O)C2CCCC3C2NC2=C(C=C(C(F)(C(F)(F)F)C(F)(F)F)CC2)[C@H]3S(=O)(=O)c2ccc(F)cc2)CC1. The molecule has 5 rings (SSSR count). The van der Waals surface area contributed by atoms with E-state index in [4.69, 9.17) is 0 Å². The van der Waals surface area contributed by atoms with Gasteiger partial charge in [-0.1, -0.05) is 12.5 Å². The van der Waals surface area contributed by atoms with Crippen LogP contribution in [0.5, 0.6) is 0 Å². The minimum absolute atomic E-state index is 0.0108. The Balaban J connectivity index is 1.60. The molecule has 0 aromatic heterocycles. The summed E-state index contributed by atoms with van der Waals surface area (Å²) in [7, 11) is -4.62. The molecule has 0 amide bonds. The zero-order valence-corrected chi connectivity index (χ0v) is 24.5. The molecule has 1 aliphatic heterocycles. The summed E-state index contributed by atoms with van der Waals surface area (Å²) in [5, 5.41) is 10.6. The molecule has 45 heavy (non-hydrogen) atoms. The van der Waals surface area contributed by atoms with Gasteiger partial charge in [0.05, 0.1) is 16.1 Å². The van der Waals surface area contributed by atoms with Crippen LogP contribution in [0.4, 0.5) is 35.1 Å². The number of sulfone groups is 1. The third-order valence-corrected chi connectivity index (χ3v) is 12.1. The lowest BCUT2D eigenvalue weighted by Crippen LogP contribution is -2.59. The third-order valence-electron chi connectivity index (χ3n) is 9.85. The number of carbonyl (C=O) groups is 2. The lowest BCUT2D eigenvalue weighted by atomic mass is 9.66. The van der Waals surface area contributed by atoms with E-state index >= 15 is 4.39 Å². The van der Waals surface area contributed by atoms with Crippen molar-refractivity contribution in [3.63, 3.8) is 0 Å². The average molecular weight is 670 g/mol. The standard InChI is InChI=1S/C30H31F8NO5S/c31-18-9-11-19(12-10-18)45(43,44)26-21-3-1-2-20(25(40)15-4-6-16(7-5-15)27(41)42)24(21)39-23-13-8-17(14-22(23)26)28(32,29(33,34)35)30(36,37)38/h9-12,14-16,20-21,24,26,39H,1-8,13H2,(H,41,42)/t15-,16-,20?,21?,24?,26-/m0/s1. The van der Waals surface area contributed by atoms with Crippen molar-refractivity contribution in [2.75, 3.05) is 0 Å². The molecule has 0 spiro atoms. The summed E-state index contributed by atoms with van der Waals surface area (Å²) in [4.78, 5) is 24.8. The zero-order valence-electron chi connectivity index (χ0n) is 23.7. The molecular weight excluding hydrogens is 638 g/mol. The fourth-order valence-electron chi connectivity index (χ4n) is 7.58. The Hall–Kier alpha value is -2.97. The fraction of sp³-hybridized carbons (Fsp3) is 0.600. The maximum absolute atomic E-state index is 15.2. The van der Waals surface area contributed by atoms with Gasteiger partial charge < -0.3 is 10.4 Å². The number of halogens is 8. The van der Waals surface area contributed by atoms with Gasteiger partial charge in [-0.2, -0.15) is 26.3 Å². The highest BCUT2D eigenvalue weighted by atomic mass is 32.2. The maximum Gasteiger partial charge on any atom is 0.435 e. The zero-order chi connectivity index (χ0) is 33.1. The van der Waals surface area contributed by atoms with Crippen LogP contribution in [0, 0.1) is 29.5 Å². The van der Waals surface area contributed by atoms with Gasteiger partial charge in [-0.05, 0) is 86.8 Å². The fourth-order valence-corrected chi connectivity index (χ4v) is 9.70. The van der Waals surface area contributed by atoms with Crippen molar-refractivity contribution >= 4 is 21.6 Å². The number of alkyl halides is 7. The number of allylic oxidation sites excluding steroid dienone is 3. The Morgan fingerprint density at radius 2 is 1.40 bits per heavy atom. The van der Waals surface area contributed by atoms with Crippen LogP contribution in [0.1, 0.15) is 57.8 Å². The first-order chi connectivity index (χ1) is 20.9. The van der Waals surface area contributed by atoms with Crippen LogP contribution < -0.4 is 5.32 Å². The summed E-state index contributed by atoms with van der Waals surface area (Å²) in [6, 6.07) is 2.73. The van der Waals surface area contributed by atoms with Crippen molar-refractivity contribution in [1.29, 1.82) is 0 Å².